The topological polar surface area (TPSA) is 59.0 Å². The van der Waals surface area contributed by atoms with E-state index in [2.05, 4.69) is 26.6 Å². The summed E-state index contributed by atoms with van der Waals surface area (Å²) in [5.74, 6) is 0.00622. The molecule has 5 nitrogen and oxygen atoms in total. The average molecular weight is 264 g/mol. The monoisotopic (exact) mass is 264 g/mol. The highest BCUT2D eigenvalue weighted by Crippen LogP contribution is 2.27. The van der Waals surface area contributed by atoms with Crippen LogP contribution in [0.25, 0.3) is 0 Å². The molecule has 5 heteroatoms. The van der Waals surface area contributed by atoms with Crippen molar-refractivity contribution >= 4 is 5.91 Å². The van der Waals surface area contributed by atoms with Gasteiger partial charge in [-0.2, -0.15) is 5.10 Å². The van der Waals surface area contributed by atoms with Gasteiger partial charge in [-0.1, -0.05) is 19.3 Å². The summed E-state index contributed by atoms with van der Waals surface area (Å²) in [6.07, 6.45) is 8.53. The number of hydrogen-bond donors (Lipinski definition) is 2. The summed E-state index contributed by atoms with van der Waals surface area (Å²) in [5, 5.41) is 10.4. The summed E-state index contributed by atoms with van der Waals surface area (Å²) in [6.45, 7) is 2.49. The Morgan fingerprint density at radius 1 is 1.47 bits per heavy atom. The third-order valence-corrected chi connectivity index (χ3v) is 3.84. The lowest BCUT2D eigenvalue weighted by Crippen LogP contribution is -2.40. The van der Waals surface area contributed by atoms with Gasteiger partial charge in [0.15, 0.2) is 0 Å². The fourth-order valence-corrected chi connectivity index (χ4v) is 2.59. The van der Waals surface area contributed by atoms with Gasteiger partial charge in [-0.15, -0.1) is 0 Å². The van der Waals surface area contributed by atoms with Gasteiger partial charge in [0.25, 0.3) is 0 Å². The Kier molecular flexibility index (Phi) is 4.96. The van der Waals surface area contributed by atoms with Gasteiger partial charge in [-0.3, -0.25) is 9.48 Å². The van der Waals surface area contributed by atoms with Crippen LogP contribution in [0, 0.1) is 0 Å². The fraction of sp³-hybridized carbons (Fsp3) is 0.714. The second-order valence-electron chi connectivity index (χ2n) is 5.30. The molecule has 1 amide bonds. The largest absolute Gasteiger partial charge is 0.358 e. The van der Waals surface area contributed by atoms with Crippen LogP contribution in [0.3, 0.4) is 0 Å². The van der Waals surface area contributed by atoms with Crippen molar-refractivity contribution in [2.75, 3.05) is 7.05 Å². The maximum Gasteiger partial charge on any atom is 0.236 e. The van der Waals surface area contributed by atoms with Crippen molar-refractivity contribution in [3.05, 3.63) is 18.0 Å². The Balaban J connectivity index is 1.85. The Hall–Kier alpha value is -1.36. The van der Waals surface area contributed by atoms with Gasteiger partial charge < -0.3 is 10.6 Å². The predicted octanol–water partition coefficient (Wildman–Crippen LogP) is 1.61. The van der Waals surface area contributed by atoms with Crippen molar-refractivity contribution in [3.8, 4) is 0 Å². The second kappa shape index (κ2) is 6.70. The summed E-state index contributed by atoms with van der Waals surface area (Å²) in [4.78, 5) is 11.4. The van der Waals surface area contributed by atoms with Crippen LogP contribution < -0.4 is 10.6 Å². The lowest BCUT2D eigenvalue weighted by atomic mass is 9.96. The molecular formula is C14H24N4O. The molecule has 0 aliphatic heterocycles. The molecule has 1 aliphatic rings. The molecular weight excluding hydrogens is 240 g/mol. The van der Waals surface area contributed by atoms with Crippen LogP contribution in [0.4, 0.5) is 0 Å². The number of carbonyl (C=O) groups is 1. The quantitative estimate of drug-likeness (QED) is 0.849. The van der Waals surface area contributed by atoms with E-state index in [1.165, 1.54) is 32.1 Å². The number of hydrogen-bond acceptors (Lipinski definition) is 3. The fourth-order valence-electron chi connectivity index (χ4n) is 2.59. The molecule has 0 saturated heterocycles. The number of carbonyl (C=O) groups excluding carboxylic acids is 1. The molecule has 1 aromatic heterocycles. The maximum absolute atomic E-state index is 11.4. The Morgan fingerprint density at radius 3 is 2.89 bits per heavy atom. The summed E-state index contributed by atoms with van der Waals surface area (Å²) >= 11 is 0. The summed E-state index contributed by atoms with van der Waals surface area (Å²) in [5.41, 5.74) is 1.00. The first-order valence-electron chi connectivity index (χ1n) is 7.19. The minimum absolute atomic E-state index is 0.00622. The zero-order chi connectivity index (χ0) is 13.7. The van der Waals surface area contributed by atoms with Crippen LogP contribution in [-0.4, -0.2) is 28.8 Å². The first-order chi connectivity index (χ1) is 9.20. The molecule has 1 fully saturated rings. The molecule has 1 saturated carbocycles. The van der Waals surface area contributed by atoms with E-state index in [-0.39, 0.29) is 11.9 Å². The van der Waals surface area contributed by atoms with Crippen molar-refractivity contribution in [2.45, 2.75) is 57.7 Å². The van der Waals surface area contributed by atoms with E-state index in [0.717, 1.165) is 5.69 Å². The Labute approximate surface area is 114 Å². The van der Waals surface area contributed by atoms with Crippen LogP contribution in [-0.2, 0) is 11.3 Å². The molecule has 1 aliphatic carbocycles. The van der Waals surface area contributed by atoms with Gasteiger partial charge in [-0.05, 0) is 25.8 Å². The van der Waals surface area contributed by atoms with Crippen LogP contribution >= 0.6 is 0 Å². The number of nitrogens with one attached hydrogen (secondary N) is 2. The van der Waals surface area contributed by atoms with Crippen LogP contribution in [0.1, 0.15) is 50.8 Å². The molecule has 2 rings (SSSR count). The van der Waals surface area contributed by atoms with Crippen LogP contribution in [0.15, 0.2) is 12.3 Å². The zero-order valence-electron chi connectivity index (χ0n) is 11.9. The van der Waals surface area contributed by atoms with Crippen molar-refractivity contribution in [1.29, 1.82) is 0 Å². The van der Waals surface area contributed by atoms with E-state index < -0.39 is 0 Å². The normalized spacial score (nSPS) is 18.2. The van der Waals surface area contributed by atoms with E-state index in [9.17, 15) is 4.79 Å². The van der Waals surface area contributed by atoms with E-state index in [0.29, 0.717) is 12.6 Å². The Bertz CT molecular complexity index is 409. The molecule has 1 unspecified atom stereocenters. The smallest absolute Gasteiger partial charge is 0.236 e. The molecule has 1 atom stereocenters. The van der Waals surface area contributed by atoms with E-state index in [4.69, 9.17) is 0 Å². The minimum Gasteiger partial charge on any atom is -0.358 e. The molecule has 0 spiro atoms. The average Bonchev–Trinajstić information content (AvgIpc) is 2.93. The highest BCUT2D eigenvalue weighted by atomic mass is 16.2. The van der Waals surface area contributed by atoms with Gasteiger partial charge in [-0.25, -0.2) is 0 Å². The maximum atomic E-state index is 11.4. The molecule has 106 valence electrons. The minimum atomic E-state index is -0.190. The van der Waals surface area contributed by atoms with Gasteiger partial charge in [0.1, 0.15) is 0 Å². The third kappa shape index (κ3) is 3.80. The van der Waals surface area contributed by atoms with Gasteiger partial charge in [0.05, 0.1) is 17.8 Å². The van der Waals surface area contributed by atoms with Crippen LogP contribution in [0.5, 0.6) is 0 Å². The van der Waals surface area contributed by atoms with Gasteiger partial charge >= 0.3 is 0 Å². The first-order valence-corrected chi connectivity index (χ1v) is 7.19. The highest BCUT2D eigenvalue weighted by Gasteiger charge is 2.16. The van der Waals surface area contributed by atoms with E-state index >= 15 is 0 Å². The number of amides is 1. The summed E-state index contributed by atoms with van der Waals surface area (Å²) < 4.78 is 2.10. The number of nitrogens with zero attached hydrogens (tertiary/aromatic N) is 2. The summed E-state index contributed by atoms with van der Waals surface area (Å²) in [7, 11) is 1.65. The lowest BCUT2D eigenvalue weighted by Gasteiger charge is -2.21. The van der Waals surface area contributed by atoms with Gasteiger partial charge in [0, 0.05) is 19.8 Å². The molecule has 1 heterocycles. The second-order valence-corrected chi connectivity index (χ2v) is 5.30. The zero-order valence-corrected chi connectivity index (χ0v) is 11.9. The molecule has 0 bridgehead atoms. The molecule has 2 N–H and O–H groups in total. The number of aromatic nitrogens is 2. The molecule has 19 heavy (non-hydrogen) atoms. The van der Waals surface area contributed by atoms with Crippen molar-refractivity contribution in [3.63, 3.8) is 0 Å². The summed E-state index contributed by atoms with van der Waals surface area (Å²) in [6, 6.07) is 2.42. The molecule has 1 aromatic rings. The van der Waals surface area contributed by atoms with Crippen LogP contribution in [0.2, 0.25) is 0 Å². The lowest BCUT2D eigenvalue weighted by molar-refractivity contribution is -0.122. The van der Waals surface area contributed by atoms with Crippen molar-refractivity contribution < 1.29 is 4.79 Å². The van der Waals surface area contributed by atoms with Crippen molar-refractivity contribution in [2.24, 2.45) is 0 Å². The van der Waals surface area contributed by atoms with E-state index in [1.807, 2.05) is 13.0 Å². The highest BCUT2D eigenvalue weighted by molar-refractivity contribution is 5.80. The molecule has 0 radical (unpaired) electrons. The molecule has 0 aromatic carbocycles. The first kappa shape index (κ1) is 14.1. The SMILES string of the molecule is CNC(=O)C(C)NCc1ccn(C2CCCCC2)n1. The van der Waals surface area contributed by atoms with E-state index in [1.54, 1.807) is 7.05 Å². The standard InChI is InChI=1S/C14H24N4O/c1-11(14(19)15-2)16-10-12-8-9-18(17-12)13-6-4-3-5-7-13/h8-9,11,13,16H,3-7,10H2,1-2H3,(H,15,19). The third-order valence-electron chi connectivity index (χ3n) is 3.84. The number of likely N-dealkylation sites (N-methyl/N-ethyl adjacent to an activating group) is 1. The Morgan fingerprint density at radius 2 is 2.21 bits per heavy atom. The van der Waals surface area contributed by atoms with Crippen molar-refractivity contribution in [1.82, 2.24) is 20.4 Å². The van der Waals surface area contributed by atoms with Gasteiger partial charge in [0.2, 0.25) is 5.91 Å². The predicted molar refractivity (Wildman–Crippen MR) is 74.7 cm³/mol. The number of rotatable bonds is 5.